The molecule has 0 aliphatic carbocycles. The first kappa shape index (κ1) is 21.2. The molecule has 1 aliphatic heterocycles. The number of likely N-dealkylation sites (tertiary alicyclic amines) is 1. The first-order chi connectivity index (χ1) is 13.1. The second kappa shape index (κ2) is 11.6. The normalized spacial score (nSPS) is 17.3. The Hall–Kier alpha value is -2.12. The zero-order chi connectivity index (χ0) is 19.5. The molecule has 0 spiro atoms. The summed E-state index contributed by atoms with van der Waals surface area (Å²) in [5, 5.41) is 2.69. The van der Waals surface area contributed by atoms with Crippen LogP contribution in [0.1, 0.15) is 31.7 Å². The van der Waals surface area contributed by atoms with Crippen LogP contribution in [0.5, 0.6) is 5.75 Å². The number of piperidine rings is 1. The van der Waals surface area contributed by atoms with E-state index < -0.39 is 5.97 Å². The van der Waals surface area contributed by atoms with E-state index >= 15 is 0 Å². The first-order valence-corrected chi connectivity index (χ1v) is 9.61. The predicted molar refractivity (Wildman–Crippen MR) is 103 cm³/mol. The van der Waals surface area contributed by atoms with Crippen molar-refractivity contribution in [3.8, 4) is 5.75 Å². The number of nitrogens with zero attached hydrogens (tertiary/aromatic N) is 1. The molecule has 1 heterocycles. The number of rotatable bonds is 10. The van der Waals surface area contributed by atoms with Crippen LogP contribution in [0.3, 0.4) is 0 Å². The standard InChI is InChI=1S/C20H31N3O4/c1-16(24)27-15-20(25)22-8-4-10-26-19-7-2-5-17(11-19)13-23-9-3-6-18(12-21)14-23/h2,5,7,11,18H,3-4,6,8-10,12-15,21H2,1H3,(H,22,25). The highest BCUT2D eigenvalue weighted by atomic mass is 16.5. The molecule has 27 heavy (non-hydrogen) atoms. The monoisotopic (exact) mass is 377 g/mol. The third kappa shape index (κ3) is 8.41. The van der Waals surface area contributed by atoms with Crippen molar-refractivity contribution < 1.29 is 19.1 Å². The summed E-state index contributed by atoms with van der Waals surface area (Å²) in [5.41, 5.74) is 7.05. The van der Waals surface area contributed by atoms with Gasteiger partial charge in [0.15, 0.2) is 6.61 Å². The maximum Gasteiger partial charge on any atom is 0.303 e. The summed E-state index contributed by atoms with van der Waals surface area (Å²) in [5.74, 6) is 0.682. The molecule has 7 heteroatoms. The number of amides is 1. The summed E-state index contributed by atoms with van der Waals surface area (Å²) in [6, 6.07) is 8.15. The van der Waals surface area contributed by atoms with E-state index in [4.69, 9.17) is 10.5 Å². The molecule has 0 aromatic heterocycles. The Kier molecular flexibility index (Phi) is 9.07. The Morgan fingerprint density at radius 1 is 1.37 bits per heavy atom. The van der Waals surface area contributed by atoms with E-state index in [1.54, 1.807) is 0 Å². The zero-order valence-electron chi connectivity index (χ0n) is 16.1. The van der Waals surface area contributed by atoms with Crippen LogP contribution >= 0.6 is 0 Å². The van der Waals surface area contributed by atoms with Crippen LogP contribution in [0.4, 0.5) is 0 Å². The van der Waals surface area contributed by atoms with Gasteiger partial charge in [0.2, 0.25) is 0 Å². The van der Waals surface area contributed by atoms with Crippen molar-refractivity contribution >= 4 is 11.9 Å². The first-order valence-electron chi connectivity index (χ1n) is 9.61. The van der Waals surface area contributed by atoms with Crippen molar-refractivity contribution in [3.05, 3.63) is 29.8 Å². The van der Waals surface area contributed by atoms with Gasteiger partial charge in [-0.1, -0.05) is 12.1 Å². The van der Waals surface area contributed by atoms with Gasteiger partial charge in [0.1, 0.15) is 5.75 Å². The van der Waals surface area contributed by atoms with Crippen molar-refractivity contribution in [2.75, 3.05) is 39.4 Å². The van der Waals surface area contributed by atoms with Gasteiger partial charge in [-0.25, -0.2) is 0 Å². The molecule has 0 saturated carbocycles. The molecule has 0 bridgehead atoms. The van der Waals surface area contributed by atoms with Gasteiger partial charge in [-0.05, 0) is 56.0 Å². The molecular weight excluding hydrogens is 346 g/mol. The fraction of sp³-hybridized carbons (Fsp3) is 0.600. The van der Waals surface area contributed by atoms with E-state index in [1.165, 1.54) is 25.3 Å². The number of carbonyl (C=O) groups is 2. The maximum absolute atomic E-state index is 11.4. The molecule has 1 fully saturated rings. The highest BCUT2D eigenvalue weighted by molar-refractivity contribution is 5.79. The molecule has 1 unspecified atom stereocenters. The van der Waals surface area contributed by atoms with Crippen LogP contribution in [-0.2, 0) is 20.9 Å². The minimum atomic E-state index is -0.462. The summed E-state index contributed by atoms with van der Waals surface area (Å²) in [7, 11) is 0. The minimum Gasteiger partial charge on any atom is -0.494 e. The van der Waals surface area contributed by atoms with Gasteiger partial charge in [0.25, 0.3) is 5.91 Å². The lowest BCUT2D eigenvalue weighted by atomic mass is 9.98. The summed E-state index contributed by atoms with van der Waals surface area (Å²) in [4.78, 5) is 24.5. The topological polar surface area (TPSA) is 93.9 Å². The van der Waals surface area contributed by atoms with Crippen LogP contribution in [-0.4, -0.2) is 56.2 Å². The Morgan fingerprint density at radius 2 is 2.22 bits per heavy atom. The van der Waals surface area contributed by atoms with Gasteiger partial charge in [0, 0.05) is 26.6 Å². The van der Waals surface area contributed by atoms with Crippen LogP contribution in [0.25, 0.3) is 0 Å². The Balaban J connectivity index is 1.66. The number of ether oxygens (including phenoxy) is 2. The summed E-state index contributed by atoms with van der Waals surface area (Å²) in [6.07, 6.45) is 3.12. The van der Waals surface area contributed by atoms with Crippen LogP contribution in [0.15, 0.2) is 24.3 Å². The maximum atomic E-state index is 11.4. The number of esters is 1. The molecule has 0 radical (unpaired) electrons. The van der Waals surface area contributed by atoms with E-state index in [2.05, 4.69) is 27.1 Å². The molecule has 1 amide bonds. The number of hydrogen-bond acceptors (Lipinski definition) is 6. The van der Waals surface area contributed by atoms with E-state index in [1.807, 2.05) is 12.1 Å². The lowest BCUT2D eigenvalue weighted by molar-refractivity contribution is -0.146. The second-order valence-electron chi connectivity index (χ2n) is 6.96. The van der Waals surface area contributed by atoms with Gasteiger partial charge in [0.05, 0.1) is 6.61 Å². The Morgan fingerprint density at radius 3 is 3.00 bits per heavy atom. The molecule has 1 aromatic rings. The van der Waals surface area contributed by atoms with Gasteiger partial charge in [-0.2, -0.15) is 0 Å². The lowest BCUT2D eigenvalue weighted by Crippen LogP contribution is -2.37. The van der Waals surface area contributed by atoms with Crippen molar-refractivity contribution in [3.63, 3.8) is 0 Å². The molecular formula is C20H31N3O4. The predicted octanol–water partition coefficient (Wildman–Crippen LogP) is 1.31. The molecule has 7 nitrogen and oxygen atoms in total. The fourth-order valence-corrected chi connectivity index (χ4v) is 3.19. The number of nitrogens with one attached hydrogen (secondary N) is 1. The van der Waals surface area contributed by atoms with E-state index in [0.717, 1.165) is 31.9 Å². The number of hydrogen-bond donors (Lipinski definition) is 2. The minimum absolute atomic E-state index is 0.236. The lowest BCUT2D eigenvalue weighted by Gasteiger charge is -2.32. The Bertz CT molecular complexity index is 609. The van der Waals surface area contributed by atoms with Gasteiger partial charge in [-0.15, -0.1) is 0 Å². The van der Waals surface area contributed by atoms with Crippen molar-refractivity contribution in [1.29, 1.82) is 0 Å². The largest absolute Gasteiger partial charge is 0.494 e. The fourth-order valence-electron chi connectivity index (χ4n) is 3.19. The second-order valence-corrected chi connectivity index (χ2v) is 6.96. The van der Waals surface area contributed by atoms with E-state index in [-0.39, 0.29) is 12.5 Å². The van der Waals surface area contributed by atoms with Gasteiger partial charge < -0.3 is 20.5 Å². The zero-order valence-corrected chi connectivity index (χ0v) is 16.1. The summed E-state index contributed by atoms with van der Waals surface area (Å²) >= 11 is 0. The molecule has 1 aliphatic rings. The molecule has 1 saturated heterocycles. The average Bonchev–Trinajstić information content (AvgIpc) is 2.66. The van der Waals surface area contributed by atoms with Crippen molar-refractivity contribution in [2.24, 2.45) is 11.7 Å². The SMILES string of the molecule is CC(=O)OCC(=O)NCCCOc1cccc(CN2CCCC(CN)C2)c1. The number of benzene rings is 1. The Labute approximate surface area is 161 Å². The van der Waals surface area contributed by atoms with E-state index in [0.29, 0.717) is 25.5 Å². The van der Waals surface area contributed by atoms with Gasteiger partial charge in [-0.3, -0.25) is 14.5 Å². The quantitative estimate of drug-likeness (QED) is 0.472. The smallest absolute Gasteiger partial charge is 0.303 e. The molecule has 1 aromatic carbocycles. The van der Waals surface area contributed by atoms with Crippen LogP contribution < -0.4 is 15.8 Å². The molecule has 150 valence electrons. The summed E-state index contributed by atoms with van der Waals surface area (Å²) < 4.78 is 10.4. The third-order valence-corrected chi connectivity index (χ3v) is 4.56. The van der Waals surface area contributed by atoms with Crippen molar-refractivity contribution in [2.45, 2.75) is 32.7 Å². The van der Waals surface area contributed by atoms with Gasteiger partial charge >= 0.3 is 5.97 Å². The van der Waals surface area contributed by atoms with Crippen LogP contribution in [0, 0.1) is 5.92 Å². The highest BCUT2D eigenvalue weighted by Gasteiger charge is 2.18. The summed E-state index contributed by atoms with van der Waals surface area (Å²) in [6.45, 7) is 5.89. The van der Waals surface area contributed by atoms with Crippen LogP contribution in [0.2, 0.25) is 0 Å². The highest BCUT2D eigenvalue weighted by Crippen LogP contribution is 2.20. The van der Waals surface area contributed by atoms with E-state index in [9.17, 15) is 9.59 Å². The molecule has 2 rings (SSSR count). The average molecular weight is 377 g/mol. The molecule has 1 atom stereocenters. The van der Waals surface area contributed by atoms with Crippen molar-refractivity contribution in [1.82, 2.24) is 10.2 Å². The number of carbonyl (C=O) groups excluding carboxylic acids is 2. The molecule has 3 N–H and O–H groups in total. The number of nitrogens with two attached hydrogens (primary N) is 1. The third-order valence-electron chi connectivity index (χ3n) is 4.56.